The lowest BCUT2D eigenvalue weighted by molar-refractivity contribution is 0.315. The highest BCUT2D eigenvalue weighted by molar-refractivity contribution is 7.09. The Hall–Kier alpha value is -2.14. The first-order valence-electron chi connectivity index (χ1n) is 7.65. The predicted molar refractivity (Wildman–Crippen MR) is 93.6 cm³/mol. The summed E-state index contributed by atoms with van der Waals surface area (Å²) in [5.41, 5.74) is 2.64. The number of nitrogens with zero attached hydrogens (tertiary/aromatic N) is 1. The van der Waals surface area contributed by atoms with Gasteiger partial charge in [0.25, 0.3) is 0 Å². The average molecular weight is 329 g/mol. The summed E-state index contributed by atoms with van der Waals surface area (Å²) in [6.45, 7) is 8.36. The second-order valence-electron chi connectivity index (χ2n) is 5.53. The average Bonchev–Trinajstić information content (AvgIpc) is 2.93. The lowest BCUT2D eigenvalue weighted by Crippen LogP contribution is -2.09. The highest BCUT2D eigenvalue weighted by atomic mass is 32.1. The van der Waals surface area contributed by atoms with E-state index < -0.39 is 0 Å². The summed E-state index contributed by atoms with van der Waals surface area (Å²) in [6, 6.07) is 3.62. The van der Waals surface area contributed by atoms with Crippen molar-refractivity contribution in [3.8, 4) is 17.0 Å². The van der Waals surface area contributed by atoms with Crippen LogP contribution in [0.25, 0.3) is 22.2 Å². The van der Waals surface area contributed by atoms with E-state index in [9.17, 15) is 4.79 Å². The second kappa shape index (κ2) is 6.16. The Morgan fingerprint density at radius 1 is 1.26 bits per heavy atom. The largest absolute Gasteiger partial charge is 0.493 e. The predicted octanol–water partition coefficient (Wildman–Crippen LogP) is 4.63. The molecule has 0 radical (unpaired) electrons. The smallest absolute Gasteiger partial charge is 0.202 e. The van der Waals surface area contributed by atoms with E-state index in [0.29, 0.717) is 34.6 Å². The maximum atomic E-state index is 12.9. The van der Waals surface area contributed by atoms with Crippen molar-refractivity contribution in [2.45, 2.75) is 34.1 Å². The molecule has 120 valence electrons. The molecule has 0 aliphatic heterocycles. The van der Waals surface area contributed by atoms with Gasteiger partial charge in [0.15, 0.2) is 0 Å². The number of hydrogen-bond donors (Lipinski definition) is 0. The summed E-state index contributed by atoms with van der Waals surface area (Å²) < 4.78 is 11.7. The molecule has 0 N–H and O–H groups in total. The number of rotatable bonds is 4. The Balaban J connectivity index is 2.22. The number of fused-ring (bicyclic) bond motifs is 1. The van der Waals surface area contributed by atoms with Crippen LogP contribution in [0.1, 0.15) is 29.7 Å². The molecule has 5 heteroatoms. The number of benzene rings is 1. The summed E-state index contributed by atoms with van der Waals surface area (Å²) in [4.78, 5) is 17.3. The van der Waals surface area contributed by atoms with Gasteiger partial charge in [0.05, 0.1) is 28.3 Å². The van der Waals surface area contributed by atoms with Crippen molar-refractivity contribution in [1.29, 1.82) is 0 Å². The molecule has 0 spiro atoms. The molecule has 2 heterocycles. The van der Waals surface area contributed by atoms with Gasteiger partial charge in [-0.15, -0.1) is 11.3 Å². The zero-order chi connectivity index (χ0) is 16.6. The minimum absolute atomic E-state index is 0.0424. The van der Waals surface area contributed by atoms with Crippen molar-refractivity contribution in [3.05, 3.63) is 44.1 Å². The normalized spacial score (nSPS) is 11.1. The first-order chi connectivity index (χ1) is 11.0. The highest BCUT2D eigenvalue weighted by Gasteiger charge is 2.18. The summed E-state index contributed by atoms with van der Waals surface area (Å²) >= 11 is 1.53. The third-order valence-corrected chi connectivity index (χ3v) is 4.55. The Kier molecular flexibility index (Phi) is 4.22. The van der Waals surface area contributed by atoms with Crippen molar-refractivity contribution >= 4 is 22.3 Å². The van der Waals surface area contributed by atoms with Gasteiger partial charge in [-0.05, 0) is 39.3 Å². The van der Waals surface area contributed by atoms with E-state index in [4.69, 9.17) is 9.15 Å². The maximum absolute atomic E-state index is 12.9. The second-order valence-corrected chi connectivity index (χ2v) is 6.59. The quantitative estimate of drug-likeness (QED) is 0.700. The first kappa shape index (κ1) is 15.7. The molecular weight excluding hydrogens is 310 g/mol. The van der Waals surface area contributed by atoms with E-state index in [2.05, 4.69) is 11.9 Å². The van der Waals surface area contributed by atoms with E-state index in [1.807, 2.05) is 32.2 Å². The highest BCUT2D eigenvalue weighted by Crippen LogP contribution is 2.30. The van der Waals surface area contributed by atoms with E-state index in [1.165, 1.54) is 11.3 Å². The van der Waals surface area contributed by atoms with Crippen LogP contribution in [0.2, 0.25) is 0 Å². The molecule has 4 nitrogen and oxygen atoms in total. The fourth-order valence-corrected chi connectivity index (χ4v) is 3.23. The summed E-state index contributed by atoms with van der Waals surface area (Å²) in [6.07, 6.45) is 0.933. The fraction of sp³-hybridized carbons (Fsp3) is 0.333. The van der Waals surface area contributed by atoms with Crippen LogP contribution in [-0.2, 0) is 0 Å². The Morgan fingerprint density at radius 3 is 2.70 bits per heavy atom. The first-order valence-corrected chi connectivity index (χ1v) is 8.53. The Labute approximate surface area is 138 Å². The molecule has 23 heavy (non-hydrogen) atoms. The summed E-state index contributed by atoms with van der Waals surface area (Å²) in [7, 11) is 0. The van der Waals surface area contributed by atoms with Crippen LogP contribution < -0.4 is 10.2 Å². The van der Waals surface area contributed by atoms with Crippen molar-refractivity contribution in [2.24, 2.45) is 0 Å². The minimum Gasteiger partial charge on any atom is -0.493 e. The third kappa shape index (κ3) is 2.77. The van der Waals surface area contributed by atoms with Crippen molar-refractivity contribution in [2.75, 3.05) is 6.61 Å². The number of hydrogen-bond acceptors (Lipinski definition) is 5. The SMILES string of the molecule is CCCOc1ccc2c(=O)c(-c3csc(C)n3)c(C)oc2c1C. The zero-order valence-electron chi connectivity index (χ0n) is 13.7. The van der Waals surface area contributed by atoms with E-state index in [0.717, 1.165) is 22.7 Å². The number of aromatic nitrogens is 1. The molecule has 0 amide bonds. The van der Waals surface area contributed by atoms with Gasteiger partial charge in [-0.1, -0.05) is 6.92 Å². The molecule has 0 atom stereocenters. The molecule has 0 bridgehead atoms. The zero-order valence-corrected chi connectivity index (χ0v) is 14.5. The van der Waals surface area contributed by atoms with Crippen LogP contribution in [0.4, 0.5) is 0 Å². The summed E-state index contributed by atoms with van der Waals surface area (Å²) in [5.74, 6) is 1.35. The van der Waals surface area contributed by atoms with Crippen molar-refractivity contribution < 1.29 is 9.15 Å². The molecular formula is C18H19NO3S. The van der Waals surface area contributed by atoms with Gasteiger partial charge in [-0.3, -0.25) is 4.79 Å². The molecule has 0 aliphatic rings. The maximum Gasteiger partial charge on any atom is 0.202 e. The van der Waals surface area contributed by atoms with Crippen LogP contribution >= 0.6 is 11.3 Å². The van der Waals surface area contributed by atoms with Crippen LogP contribution in [0, 0.1) is 20.8 Å². The molecule has 0 fully saturated rings. The third-order valence-electron chi connectivity index (χ3n) is 3.77. The van der Waals surface area contributed by atoms with Crippen LogP contribution in [0.15, 0.2) is 26.7 Å². The molecule has 0 saturated carbocycles. The number of aryl methyl sites for hydroxylation is 3. The van der Waals surface area contributed by atoms with Gasteiger partial charge < -0.3 is 9.15 Å². The number of thiazole rings is 1. The fourth-order valence-electron chi connectivity index (χ4n) is 2.63. The van der Waals surface area contributed by atoms with Gasteiger partial charge in [0.2, 0.25) is 5.43 Å². The van der Waals surface area contributed by atoms with Gasteiger partial charge in [0.1, 0.15) is 17.1 Å². The lowest BCUT2D eigenvalue weighted by Gasteiger charge is -2.11. The molecule has 1 aromatic carbocycles. The van der Waals surface area contributed by atoms with Gasteiger partial charge in [-0.25, -0.2) is 4.98 Å². The molecule has 0 saturated heterocycles. The van der Waals surface area contributed by atoms with Crippen molar-refractivity contribution in [1.82, 2.24) is 4.98 Å². The topological polar surface area (TPSA) is 52.3 Å². The minimum atomic E-state index is -0.0424. The van der Waals surface area contributed by atoms with Crippen LogP contribution in [0.5, 0.6) is 5.75 Å². The van der Waals surface area contributed by atoms with Gasteiger partial charge in [-0.2, -0.15) is 0 Å². The molecule has 3 aromatic rings. The summed E-state index contributed by atoms with van der Waals surface area (Å²) in [5, 5.41) is 3.39. The Bertz CT molecular complexity index is 924. The van der Waals surface area contributed by atoms with E-state index in [1.54, 1.807) is 6.07 Å². The monoisotopic (exact) mass is 329 g/mol. The van der Waals surface area contributed by atoms with Crippen LogP contribution in [-0.4, -0.2) is 11.6 Å². The van der Waals surface area contributed by atoms with Crippen LogP contribution in [0.3, 0.4) is 0 Å². The molecule has 2 aromatic heterocycles. The van der Waals surface area contributed by atoms with Crippen molar-refractivity contribution in [3.63, 3.8) is 0 Å². The lowest BCUT2D eigenvalue weighted by atomic mass is 10.1. The Morgan fingerprint density at radius 2 is 2.04 bits per heavy atom. The molecule has 3 rings (SSSR count). The standard InChI is InChI=1S/C18H19NO3S/c1-5-8-21-15-7-6-13-17(20)16(14-9-23-12(4)19-14)11(3)22-18(13)10(15)2/h6-7,9H,5,8H2,1-4H3. The van der Waals surface area contributed by atoms with E-state index >= 15 is 0 Å². The molecule has 0 unspecified atom stereocenters. The van der Waals surface area contributed by atoms with Gasteiger partial charge >= 0.3 is 0 Å². The number of ether oxygens (including phenoxy) is 1. The van der Waals surface area contributed by atoms with E-state index in [-0.39, 0.29) is 5.43 Å². The molecule has 0 aliphatic carbocycles. The van der Waals surface area contributed by atoms with Gasteiger partial charge in [0, 0.05) is 10.9 Å².